The van der Waals surface area contributed by atoms with Gasteiger partial charge in [-0.05, 0) is 58.1 Å². The second-order valence-corrected chi connectivity index (χ2v) is 7.63. The second kappa shape index (κ2) is 7.44. The number of hydrogen-bond donors (Lipinski definition) is 3. The van der Waals surface area contributed by atoms with E-state index in [0.29, 0.717) is 6.42 Å². The van der Waals surface area contributed by atoms with E-state index < -0.39 is 23.3 Å². The standard InChI is InChI=1S/C19H28N2O4/c1-13(21-17(23)25-18(2,3)4)16(22)20-12-19(24)11-7-9-14-8-5-6-10-15(14)19/h5-6,8,10,13,24H,7,9,11-12H2,1-4H3,(H,20,22)(H,21,23)/t13-,19?/m1/s1. The zero-order valence-electron chi connectivity index (χ0n) is 15.4. The molecule has 2 atom stereocenters. The highest BCUT2D eigenvalue weighted by molar-refractivity contribution is 5.85. The maximum absolute atomic E-state index is 12.2. The minimum Gasteiger partial charge on any atom is -0.444 e. The Bertz CT molecular complexity index is 639. The van der Waals surface area contributed by atoms with E-state index in [1.54, 1.807) is 27.7 Å². The van der Waals surface area contributed by atoms with Crippen LogP contribution in [0.15, 0.2) is 24.3 Å². The van der Waals surface area contributed by atoms with Crippen molar-refractivity contribution in [3.05, 3.63) is 35.4 Å². The van der Waals surface area contributed by atoms with Crippen LogP contribution in [-0.4, -0.2) is 35.3 Å². The van der Waals surface area contributed by atoms with Gasteiger partial charge in [0.25, 0.3) is 0 Å². The molecule has 0 radical (unpaired) electrons. The molecule has 1 aromatic rings. The Labute approximate surface area is 149 Å². The van der Waals surface area contributed by atoms with Crippen molar-refractivity contribution in [1.82, 2.24) is 10.6 Å². The first-order chi connectivity index (χ1) is 11.6. The van der Waals surface area contributed by atoms with Gasteiger partial charge in [0, 0.05) is 0 Å². The molecule has 0 aromatic heterocycles. The Balaban J connectivity index is 1.92. The quantitative estimate of drug-likeness (QED) is 0.779. The summed E-state index contributed by atoms with van der Waals surface area (Å²) < 4.78 is 5.14. The van der Waals surface area contributed by atoms with E-state index in [4.69, 9.17) is 4.74 Å². The lowest BCUT2D eigenvalue weighted by Crippen LogP contribution is -2.50. The van der Waals surface area contributed by atoms with Crippen molar-refractivity contribution in [3.63, 3.8) is 0 Å². The first-order valence-corrected chi connectivity index (χ1v) is 8.69. The van der Waals surface area contributed by atoms with Crippen LogP contribution in [0.2, 0.25) is 0 Å². The lowest BCUT2D eigenvalue weighted by Gasteiger charge is -2.35. The Hall–Kier alpha value is -2.08. The first kappa shape index (κ1) is 19.2. The molecule has 0 saturated carbocycles. The number of alkyl carbamates (subject to hydrolysis) is 1. The molecule has 6 heteroatoms. The molecule has 1 aliphatic carbocycles. The number of fused-ring (bicyclic) bond motifs is 1. The van der Waals surface area contributed by atoms with Gasteiger partial charge in [-0.1, -0.05) is 24.3 Å². The largest absolute Gasteiger partial charge is 0.444 e. The molecule has 0 heterocycles. The maximum Gasteiger partial charge on any atom is 0.408 e. The number of carbonyl (C=O) groups excluding carboxylic acids is 2. The van der Waals surface area contributed by atoms with E-state index in [1.807, 2.05) is 24.3 Å². The number of benzene rings is 1. The van der Waals surface area contributed by atoms with E-state index in [9.17, 15) is 14.7 Å². The maximum atomic E-state index is 12.2. The van der Waals surface area contributed by atoms with Crippen molar-refractivity contribution >= 4 is 12.0 Å². The van der Waals surface area contributed by atoms with E-state index in [2.05, 4.69) is 10.6 Å². The second-order valence-electron chi connectivity index (χ2n) is 7.63. The van der Waals surface area contributed by atoms with Gasteiger partial charge in [0.2, 0.25) is 5.91 Å². The molecule has 1 aromatic carbocycles. The average molecular weight is 348 g/mol. The summed E-state index contributed by atoms with van der Waals surface area (Å²) in [6, 6.07) is 7.01. The fourth-order valence-electron chi connectivity index (χ4n) is 3.02. The average Bonchev–Trinajstić information content (AvgIpc) is 2.51. The number of nitrogens with one attached hydrogen (secondary N) is 2. The predicted molar refractivity (Wildman–Crippen MR) is 95.1 cm³/mol. The van der Waals surface area contributed by atoms with Crippen LogP contribution in [0.3, 0.4) is 0 Å². The lowest BCUT2D eigenvalue weighted by molar-refractivity contribution is -0.124. The third kappa shape index (κ3) is 5.19. The van der Waals surface area contributed by atoms with Crippen molar-refractivity contribution in [1.29, 1.82) is 0 Å². The predicted octanol–water partition coefficient (Wildman–Crippen LogP) is 2.24. The van der Waals surface area contributed by atoms with E-state index in [-0.39, 0.29) is 12.5 Å². The highest BCUT2D eigenvalue weighted by atomic mass is 16.6. The smallest absolute Gasteiger partial charge is 0.408 e. The molecule has 6 nitrogen and oxygen atoms in total. The van der Waals surface area contributed by atoms with Gasteiger partial charge in [-0.2, -0.15) is 0 Å². The van der Waals surface area contributed by atoms with Gasteiger partial charge < -0.3 is 20.5 Å². The van der Waals surface area contributed by atoms with Crippen LogP contribution in [0.4, 0.5) is 4.79 Å². The highest BCUT2D eigenvalue weighted by Gasteiger charge is 2.34. The molecule has 0 saturated heterocycles. The molecule has 3 N–H and O–H groups in total. The molecular formula is C19H28N2O4. The van der Waals surface area contributed by atoms with Crippen LogP contribution in [0.25, 0.3) is 0 Å². The van der Waals surface area contributed by atoms with Gasteiger partial charge in [0.1, 0.15) is 17.2 Å². The van der Waals surface area contributed by atoms with Crippen LogP contribution in [0, 0.1) is 0 Å². The number of aryl methyl sites for hydroxylation is 1. The number of hydrogen-bond acceptors (Lipinski definition) is 4. The van der Waals surface area contributed by atoms with Gasteiger partial charge in [0.05, 0.1) is 6.54 Å². The normalized spacial score (nSPS) is 21.0. The van der Waals surface area contributed by atoms with Crippen LogP contribution in [-0.2, 0) is 21.6 Å². The van der Waals surface area contributed by atoms with E-state index >= 15 is 0 Å². The van der Waals surface area contributed by atoms with Crippen LogP contribution >= 0.6 is 0 Å². The summed E-state index contributed by atoms with van der Waals surface area (Å²) in [5.41, 5.74) is 0.289. The molecule has 0 aliphatic heterocycles. The van der Waals surface area contributed by atoms with Crippen LogP contribution < -0.4 is 10.6 Å². The Morgan fingerprint density at radius 2 is 2.00 bits per heavy atom. The number of carbonyl (C=O) groups is 2. The molecule has 0 bridgehead atoms. The molecule has 0 fully saturated rings. The molecule has 1 unspecified atom stereocenters. The molecule has 138 valence electrons. The fourth-order valence-corrected chi connectivity index (χ4v) is 3.02. The Morgan fingerprint density at radius 1 is 1.32 bits per heavy atom. The summed E-state index contributed by atoms with van der Waals surface area (Å²) in [5, 5.41) is 16.2. The van der Waals surface area contributed by atoms with E-state index in [0.717, 1.165) is 24.0 Å². The third-order valence-electron chi connectivity index (χ3n) is 4.24. The van der Waals surface area contributed by atoms with Crippen molar-refractivity contribution in [2.24, 2.45) is 0 Å². The van der Waals surface area contributed by atoms with Crippen molar-refractivity contribution in [2.75, 3.05) is 6.54 Å². The van der Waals surface area contributed by atoms with Crippen molar-refractivity contribution in [3.8, 4) is 0 Å². The molecule has 0 spiro atoms. The molecule has 25 heavy (non-hydrogen) atoms. The number of amides is 2. The highest BCUT2D eigenvalue weighted by Crippen LogP contribution is 2.34. The summed E-state index contributed by atoms with van der Waals surface area (Å²) in [6.07, 6.45) is 1.76. The molecule has 1 aliphatic rings. The Morgan fingerprint density at radius 3 is 2.68 bits per heavy atom. The molecule has 2 amide bonds. The van der Waals surface area contributed by atoms with Crippen molar-refractivity contribution in [2.45, 2.75) is 64.2 Å². The minimum atomic E-state index is -1.07. The van der Waals surface area contributed by atoms with Gasteiger partial charge >= 0.3 is 6.09 Å². The monoisotopic (exact) mass is 348 g/mol. The zero-order chi connectivity index (χ0) is 18.7. The summed E-state index contributed by atoms with van der Waals surface area (Å²) >= 11 is 0. The summed E-state index contributed by atoms with van der Waals surface area (Å²) in [7, 11) is 0. The summed E-state index contributed by atoms with van der Waals surface area (Å²) in [5.74, 6) is -0.359. The van der Waals surface area contributed by atoms with Crippen LogP contribution in [0.5, 0.6) is 0 Å². The topological polar surface area (TPSA) is 87.7 Å². The van der Waals surface area contributed by atoms with Gasteiger partial charge in [0.15, 0.2) is 0 Å². The summed E-state index contributed by atoms with van der Waals surface area (Å²) in [4.78, 5) is 24.0. The molecular weight excluding hydrogens is 320 g/mol. The Kier molecular flexibility index (Phi) is 5.72. The van der Waals surface area contributed by atoms with Gasteiger partial charge in [-0.25, -0.2) is 4.79 Å². The minimum absolute atomic E-state index is 0.114. The number of ether oxygens (including phenoxy) is 1. The lowest BCUT2D eigenvalue weighted by atomic mass is 9.79. The number of aliphatic hydroxyl groups is 1. The third-order valence-corrected chi connectivity index (χ3v) is 4.24. The van der Waals surface area contributed by atoms with Crippen molar-refractivity contribution < 1.29 is 19.4 Å². The SMILES string of the molecule is C[C@@H](NC(=O)OC(C)(C)C)C(=O)NCC1(O)CCCc2ccccc21. The zero-order valence-corrected chi connectivity index (χ0v) is 15.4. The van der Waals surface area contributed by atoms with E-state index in [1.165, 1.54) is 0 Å². The van der Waals surface area contributed by atoms with Gasteiger partial charge in [-0.3, -0.25) is 4.79 Å². The van der Waals surface area contributed by atoms with Crippen LogP contribution in [0.1, 0.15) is 51.7 Å². The molecule has 2 rings (SSSR count). The first-order valence-electron chi connectivity index (χ1n) is 8.69. The summed E-state index contributed by atoms with van der Waals surface area (Å²) in [6.45, 7) is 6.97. The van der Waals surface area contributed by atoms with Gasteiger partial charge in [-0.15, -0.1) is 0 Å². The fraction of sp³-hybridized carbons (Fsp3) is 0.579. The number of rotatable bonds is 4.